The van der Waals surface area contributed by atoms with Gasteiger partial charge in [-0.2, -0.15) is 5.17 Å². The molecule has 1 aromatic rings. The molecule has 2 rings (SSSR count). The lowest BCUT2D eigenvalue weighted by molar-refractivity contribution is -0.773. The minimum Gasteiger partial charge on any atom is -0.599 e. The molecule has 5 heteroatoms. The summed E-state index contributed by atoms with van der Waals surface area (Å²) in [5, 5.41) is 15.1. The third-order valence-corrected chi connectivity index (χ3v) is 2.90. The van der Waals surface area contributed by atoms with E-state index in [2.05, 4.69) is 10.1 Å². The smallest absolute Gasteiger partial charge is 0.341 e. The molecule has 0 aromatic carbocycles. The average molecular weight is 247 g/mol. The second-order valence-electron chi connectivity index (χ2n) is 4.49. The maximum absolute atomic E-state index is 11.7. The minimum atomic E-state index is -0.599. The Morgan fingerprint density at radius 3 is 2.72 bits per heavy atom. The van der Waals surface area contributed by atoms with Crippen LogP contribution in [0.5, 0.6) is 0 Å². The first kappa shape index (κ1) is 12.9. The molecule has 1 unspecified atom stereocenters. The Hall–Kier alpha value is -1.59. The number of rotatable bonds is 5. The second kappa shape index (κ2) is 5.84. The van der Waals surface area contributed by atoms with Crippen LogP contribution >= 0.6 is 0 Å². The average Bonchev–Trinajstić information content (AvgIpc) is 3.22. The molecule has 1 heterocycles. The highest BCUT2D eigenvalue weighted by molar-refractivity contribution is 6.00. The van der Waals surface area contributed by atoms with E-state index in [0.29, 0.717) is 12.1 Å². The van der Waals surface area contributed by atoms with Crippen LogP contribution in [-0.4, -0.2) is 16.6 Å². The van der Waals surface area contributed by atoms with Crippen molar-refractivity contribution in [1.82, 2.24) is 4.98 Å². The van der Waals surface area contributed by atoms with Crippen molar-refractivity contribution in [1.29, 1.82) is 0 Å². The van der Waals surface area contributed by atoms with E-state index in [4.69, 9.17) is 0 Å². The quantitative estimate of drug-likeness (QED) is 0.621. The minimum absolute atomic E-state index is 0.0680. The van der Waals surface area contributed by atoms with Gasteiger partial charge in [0.1, 0.15) is 5.71 Å². The Balaban J connectivity index is 2.15. The molecule has 0 bridgehead atoms. The molecule has 0 radical (unpaired) electrons. The van der Waals surface area contributed by atoms with Crippen molar-refractivity contribution in [3.05, 3.63) is 35.3 Å². The lowest BCUT2D eigenvalue weighted by Gasteiger charge is -2.14. The molecule has 1 aliphatic rings. The molecule has 1 saturated carbocycles. The van der Waals surface area contributed by atoms with Crippen molar-refractivity contribution in [2.24, 2.45) is 11.0 Å². The fraction of sp³-hybridized carbons (Fsp3) is 0.462. The lowest BCUT2D eigenvalue weighted by atomic mass is 10.1. The summed E-state index contributed by atoms with van der Waals surface area (Å²) in [6.07, 6.45) is 6.55. The Morgan fingerprint density at radius 2 is 2.17 bits per heavy atom. The monoisotopic (exact) mass is 247 g/mol. The number of carbonyl (C=O) groups is 1. The number of quaternary nitrogens is 1. The van der Waals surface area contributed by atoms with Crippen LogP contribution in [-0.2, 0) is 4.79 Å². The Bertz CT molecular complexity index is 441. The van der Waals surface area contributed by atoms with Gasteiger partial charge in [0, 0.05) is 18.0 Å². The number of amides is 1. The van der Waals surface area contributed by atoms with Crippen LogP contribution < -0.4 is 5.17 Å². The van der Waals surface area contributed by atoms with Crippen LogP contribution in [0, 0.1) is 11.1 Å². The van der Waals surface area contributed by atoms with Gasteiger partial charge >= 0.3 is 5.91 Å². The van der Waals surface area contributed by atoms with Gasteiger partial charge < -0.3 is 5.21 Å². The van der Waals surface area contributed by atoms with Crippen molar-refractivity contribution in [2.75, 3.05) is 0 Å². The van der Waals surface area contributed by atoms with Gasteiger partial charge in [0.25, 0.3) is 0 Å². The van der Waals surface area contributed by atoms with E-state index in [0.717, 1.165) is 24.8 Å². The van der Waals surface area contributed by atoms with Gasteiger partial charge in [0.2, 0.25) is 0 Å². The highest BCUT2D eigenvalue weighted by Gasteiger charge is 2.35. The van der Waals surface area contributed by atoms with Gasteiger partial charge in [-0.25, -0.2) is 4.79 Å². The summed E-state index contributed by atoms with van der Waals surface area (Å²) in [7, 11) is 0. The molecular formula is C13H17N3O2. The predicted molar refractivity (Wildman–Crippen MR) is 67.7 cm³/mol. The number of pyridine rings is 1. The number of hydrogen-bond donors (Lipinski definition) is 1. The Morgan fingerprint density at radius 1 is 1.50 bits per heavy atom. The molecule has 1 amide bonds. The highest BCUT2D eigenvalue weighted by Crippen LogP contribution is 2.27. The summed E-state index contributed by atoms with van der Waals surface area (Å²) in [6.45, 7) is 2.02. The summed E-state index contributed by atoms with van der Waals surface area (Å²) in [5.74, 6) is -0.403. The number of nitrogens with zero attached hydrogens (tertiary/aromatic N) is 2. The van der Waals surface area contributed by atoms with Gasteiger partial charge in [-0.15, -0.1) is 0 Å². The van der Waals surface area contributed by atoms with Gasteiger partial charge in [-0.1, -0.05) is 18.4 Å². The van der Waals surface area contributed by atoms with E-state index in [1.807, 2.05) is 19.1 Å². The summed E-state index contributed by atoms with van der Waals surface area (Å²) in [5.41, 5.74) is 1.54. The van der Waals surface area contributed by atoms with Crippen molar-refractivity contribution in [3.63, 3.8) is 0 Å². The lowest BCUT2D eigenvalue weighted by Crippen LogP contribution is -3.06. The topological polar surface area (TPSA) is 69.8 Å². The van der Waals surface area contributed by atoms with Gasteiger partial charge in [0.15, 0.2) is 0 Å². The van der Waals surface area contributed by atoms with Crippen molar-refractivity contribution < 1.29 is 9.97 Å². The Labute approximate surface area is 106 Å². The fourth-order valence-electron chi connectivity index (χ4n) is 1.74. The molecule has 1 atom stereocenters. The molecule has 0 aliphatic heterocycles. The SMILES string of the molecule is CCCC(=N[NH+]([O-])C(=O)C1CC1)c1ccncc1. The summed E-state index contributed by atoms with van der Waals surface area (Å²) >= 11 is 0. The molecule has 0 saturated heterocycles. The first-order chi connectivity index (χ1) is 8.72. The van der Waals surface area contributed by atoms with Crippen LogP contribution in [0.3, 0.4) is 0 Å². The van der Waals surface area contributed by atoms with Gasteiger partial charge in [0.05, 0.1) is 5.92 Å². The summed E-state index contributed by atoms with van der Waals surface area (Å²) in [4.78, 5) is 15.5. The molecule has 1 N–H and O–H groups in total. The third-order valence-electron chi connectivity index (χ3n) is 2.90. The van der Waals surface area contributed by atoms with Gasteiger partial charge in [-0.3, -0.25) is 4.98 Å². The molecule has 18 heavy (non-hydrogen) atoms. The van der Waals surface area contributed by atoms with Crippen molar-refractivity contribution in [3.8, 4) is 0 Å². The zero-order valence-electron chi connectivity index (χ0n) is 10.4. The maximum atomic E-state index is 11.7. The van der Waals surface area contributed by atoms with E-state index in [-0.39, 0.29) is 11.8 Å². The van der Waals surface area contributed by atoms with E-state index >= 15 is 0 Å². The normalized spacial score (nSPS) is 17.6. The summed E-state index contributed by atoms with van der Waals surface area (Å²) in [6, 6.07) is 3.62. The molecule has 96 valence electrons. The summed E-state index contributed by atoms with van der Waals surface area (Å²) < 4.78 is 0. The molecular weight excluding hydrogens is 230 g/mol. The van der Waals surface area contributed by atoms with Crippen molar-refractivity contribution in [2.45, 2.75) is 32.6 Å². The van der Waals surface area contributed by atoms with E-state index in [1.54, 1.807) is 12.4 Å². The van der Waals surface area contributed by atoms with Crippen LogP contribution in [0.4, 0.5) is 0 Å². The fourth-order valence-corrected chi connectivity index (χ4v) is 1.74. The van der Waals surface area contributed by atoms with Crippen molar-refractivity contribution >= 4 is 11.6 Å². The van der Waals surface area contributed by atoms with E-state index in [1.165, 1.54) is 0 Å². The number of hydrogen-bond acceptors (Lipinski definition) is 4. The standard InChI is InChI=1S/C13H17N3O2/c1-2-3-12(10-6-8-14-9-7-10)15-16(18)13(17)11-4-5-11/h6-9,11,16H,2-5H2,1H3. The highest BCUT2D eigenvalue weighted by atomic mass is 16.5. The first-order valence-electron chi connectivity index (χ1n) is 6.28. The number of carbonyl (C=O) groups excluding carboxylic acids is 1. The number of nitrogens with one attached hydrogen (secondary N) is 1. The number of aromatic nitrogens is 1. The number of hydroxylamine groups is 1. The van der Waals surface area contributed by atoms with Crippen LogP contribution in [0.15, 0.2) is 29.6 Å². The Kier molecular flexibility index (Phi) is 4.17. The largest absolute Gasteiger partial charge is 0.599 e. The van der Waals surface area contributed by atoms with Crippen LogP contribution in [0.2, 0.25) is 0 Å². The van der Waals surface area contributed by atoms with Crippen LogP contribution in [0.1, 0.15) is 38.2 Å². The zero-order valence-corrected chi connectivity index (χ0v) is 10.4. The first-order valence-corrected chi connectivity index (χ1v) is 6.28. The van der Waals surface area contributed by atoms with Gasteiger partial charge in [-0.05, 0) is 31.4 Å². The van der Waals surface area contributed by atoms with E-state index < -0.39 is 5.17 Å². The predicted octanol–water partition coefficient (Wildman–Crippen LogP) is 0.905. The third kappa shape index (κ3) is 3.21. The van der Waals surface area contributed by atoms with Crippen LogP contribution in [0.25, 0.3) is 0 Å². The molecule has 1 aliphatic carbocycles. The zero-order chi connectivity index (χ0) is 13.0. The van der Waals surface area contributed by atoms with E-state index in [9.17, 15) is 10.0 Å². The molecule has 0 spiro atoms. The molecule has 5 nitrogen and oxygen atoms in total. The molecule has 1 aromatic heterocycles. The maximum Gasteiger partial charge on any atom is 0.341 e. The second-order valence-corrected chi connectivity index (χ2v) is 4.49. The molecule has 1 fully saturated rings.